The number of hydrogen-bond acceptors (Lipinski definition) is 6. The van der Waals surface area contributed by atoms with Crippen LogP contribution in [0.25, 0.3) is 20.1 Å². The molecule has 0 N–H and O–H groups in total. The second kappa shape index (κ2) is 7.54. The molecule has 28 heavy (non-hydrogen) atoms. The van der Waals surface area contributed by atoms with E-state index < -0.39 is 0 Å². The summed E-state index contributed by atoms with van der Waals surface area (Å²) in [6.45, 7) is 21.2. The predicted molar refractivity (Wildman–Crippen MR) is 95.5 cm³/mol. The number of nitrogens with zero attached hydrogens (tertiary/aromatic N) is 9. The van der Waals surface area contributed by atoms with E-state index >= 15 is 0 Å². The minimum Gasteiger partial charge on any atom is -0.308 e. The molecule has 2 aromatic rings. The van der Waals surface area contributed by atoms with Crippen LogP contribution in [0.5, 0.6) is 0 Å². The van der Waals surface area contributed by atoms with E-state index in [9.17, 15) is 5.26 Å². The summed E-state index contributed by atoms with van der Waals surface area (Å²) in [5, 5.41) is 19.3. The highest BCUT2D eigenvalue weighted by atomic mass is 15.0. The van der Waals surface area contributed by atoms with Crippen molar-refractivity contribution in [3.05, 3.63) is 86.2 Å². The molecule has 9 nitrogen and oxygen atoms in total. The van der Waals surface area contributed by atoms with Gasteiger partial charge in [0.1, 0.15) is 11.6 Å². The first-order valence-electron chi connectivity index (χ1n) is 7.71. The second-order valence-electron chi connectivity index (χ2n) is 5.40. The Labute approximate surface area is 159 Å². The summed E-state index contributed by atoms with van der Waals surface area (Å²) >= 11 is 0. The van der Waals surface area contributed by atoms with Crippen molar-refractivity contribution in [3.8, 4) is 12.1 Å². The van der Waals surface area contributed by atoms with Crippen LogP contribution in [0.2, 0.25) is 0 Å². The molecule has 0 fully saturated rings. The maximum atomic E-state index is 9.65. The average Bonchev–Trinajstić information content (AvgIpc) is 3.10. The largest absolute Gasteiger partial charge is 0.308 e. The molecule has 3 rings (SSSR count). The van der Waals surface area contributed by atoms with Crippen molar-refractivity contribution in [2.45, 2.75) is 13.0 Å². The lowest BCUT2D eigenvalue weighted by Gasteiger charge is -2.03. The molecular weight excluding hydrogens is 354 g/mol. The van der Waals surface area contributed by atoms with Gasteiger partial charge in [0, 0.05) is 0 Å². The molecule has 128 valence electrons. The molecule has 0 bridgehead atoms. The lowest BCUT2D eigenvalue weighted by atomic mass is 10.1. The summed E-state index contributed by atoms with van der Waals surface area (Å²) in [7, 11) is 0. The molecular formula is C19H7N9. The average molecular weight is 361 g/mol. The zero-order valence-electron chi connectivity index (χ0n) is 14.2. The van der Waals surface area contributed by atoms with Crippen LogP contribution in [0, 0.1) is 42.4 Å². The van der Waals surface area contributed by atoms with Gasteiger partial charge in [-0.3, -0.25) is 9.69 Å². The van der Waals surface area contributed by atoms with Crippen molar-refractivity contribution in [1.29, 1.82) is 10.5 Å². The van der Waals surface area contributed by atoms with E-state index in [0.717, 1.165) is 0 Å². The molecule has 0 unspecified atom stereocenters. The van der Waals surface area contributed by atoms with E-state index in [2.05, 4.69) is 34.5 Å². The summed E-state index contributed by atoms with van der Waals surface area (Å²) in [6.07, 6.45) is 0.00576. The molecule has 1 aromatic carbocycles. The van der Waals surface area contributed by atoms with Crippen LogP contribution in [0.3, 0.4) is 0 Å². The Morgan fingerprint density at radius 1 is 0.964 bits per heavy atom. The Morgan fingerprint density at radius 3 is 2.11 bits per heavy atom. The minimum atomic E-state index is -0.0858. The number of rotatable bonds is 3. The van der Waals surface area contributed by atoms with Gasteiger partial charge in [-0.15, -0.1) is 0 Å². The highest BCUT2D eigenvalue weighted by Gasteiger charge is 2.17. The van der Waals surface area contributed by atoms with Crippen molar-refractivity contribution in [1.82, 2.24) is 9.97 Å². The Bertz CT molecular complexity index is 1270. The second-order valence-corrected chi connectivity index (χ2v) is 5.40. The standard InChI is InChI=1S/C19H7N9/c1-22-10-18-25-11(4-5-20)6-13(26-18)12(9-21)19-27-16-7-14(23-2)15(24-3)8-17(16)28-19/h6-8H,4,10H2. The third kappa shape index (κ3) is 3.26. The number of benzene rings is 1. The smallest absolute Gasteiger partial charge is 0.273 e. The van der Waals surface area contributed by atoms with Crippen LogP contribution < -0.4 is 10.7 Å². The summed E-state index contributed by atoms with van der Waals surface area (Å²) in [4.78, 5) is 26.8. The van der Waals surface area contributed by atoms with Crippen LogP contribution in [-0.2, 0) is 13.0 Å². The number of hydrogen-bond donors (Lipinski definition) is 0. The topological polar surface area (TPSA) is 111 Å². The molecule has 0 saturated heterocycles. The van der Waals surface area contributed by atoms with E-state index in [-0.39, 0.29) is 47.3 Å². The molecule has 1 aromatic heterocycles. The van der Waals surface area contributed by atoms with E-state index in [4.69, 9.17) is 25.0 Å². The predicted octanol–water partition coefficient (Wildman–Crippen LogP) is 2.21. The van der Waals surface area contributed by atoms with Crippen LogP contribution in [-0.4, -0.2) is 9.97 Å². The molecule has 0 spiro atoms. The maximum absolute atomic E-state index is 9.65. The summed E-state index contributed by atoms with van der Waals surface area (Å²) in [5.74, 6) is 0.290. The zero-order chi connectivity index (χ0) is 20.1. The van der Waals surface area contributed by atoms with E-state index in [1.165, 1.54) is 18.2 Å². The fraction of sp³-hybridized carbons (Fsp3) is 0.105. The maximum Gasteiger partial charge on any atom is 0.273 e. The van der Waals surface area contributed by atoms with Gasteiger partial charge in [0.05, 0.1) is 47.7 Å². The van der Waals surface area contributed by atoms with Crippen LogP contribution >= 0.6 is 0 Å². The third-order valence-corrected chi connectivity index (χ3v) is 3.66. The normalized spacial score (nSPS) is 10.8. The highest BCUT2D eigenvalue weighted by Crippen LogP contribution is 2.26. The van der Waals surface area contributed by atoms with Crippen molar-refractivity contribution >= 4 is 16.9 Å². The lowest BCUT2D eigenvalue weighted by Crippen LogP contribution is -2.20. The van der Waals surface area contributed by atoms with Gasteiger partial charge >= 0.3 is 0 Å². The molecule has 9 heteroatoms. The van der Waals surface area contributed by atoms with Crippen LogP contribution in [0.1, 0.15) is 17.2 Å². The molecule has 1 aliphatic rings. The van der Waals surface area contributed by atoms with Gasteiger partial charge in [-0.2, -0.15) is 10.5 Å². The molecule has 1 aliphatic heterocycles. The van der Waals surface area contributed by atoms with Gasteiger partial charge in [-0.25, -0.2) is 26.5 Å². The summed E-state index contributed by atoms with van der Waals surface area (Å²) in [6, 6.07) is 8.38. The van der Waals surface area contributed by atoms with E-state index in [1.54, 1.807) is 0 Å². The fourth-order valence-electron chi connectivity index (χ4n) is 2.49. The van der Waals surface area contributed by atoms with Gasteiger partial charge in [0.2, 0.25) is 5.82 Å². The monoisotopic (exact) mass is 361 g/mol. The number of allylic oxidation sites excluding steroid dienone is 1. The lowest BCUT2D eigenvalue weighted by molar-refractivity contribution is 0.929. The van der Waals surface area contributed by atoms with Gasteiger partial charge in [0.25, 0.3) is 6.54 Å². The fourth-order valence-corrected chi connectivity index (χ4v) is 2.49. The van der Waals surface area contributed by atoms with Crippen molar-refractivity contribution in [3.63, 3.8) is 0 Å². The Hall–Kier alpha value is -4.91. The molecule has 0 aliphatic carbocycles. The van der Waals surface area contributed by atoms with Crippen molar-refractivity contribution in [2.75, 3.05) is 0 Å². The Morgan fingerprint density at radius 2 is 1.61 bits per heavy atom. The summed E-state index contributed by atoms with van der Waals surface area (Å²) < 4.78 is 0. The highest BCUT2D eigenvalue weighted by molar-refractivity contribution is 5.77. The Balaban J connectivity index is 2.23. The minimum absolute atomic E-state index is 0.00576. The summed E-state index contributed by atoms with van der Waals surface area (Å²) in [5.41, 5.74) is 0.973. The molecule has 0 atom stereocenters. The first kappa shape index (κ1) is 17.9. The zero-order valence-corrected chi connectivity index (χ0v) is 14.2. The number of aromatic nitrogens is 2. The number of fused-ring (bicyclic) bond motifs is 1. The van der Waals surface area contributed by atoms with Crippen molar-refractivity contribution in [2.24, 2.45) is 9.98 Å². The van der Waals surface area contributed by atoms with E-state index in [1.807, 2.05) is 12.1 Å². The SMILES string of the molecule is [C-]#[N+]Cc1nc(CC#N)cc(C(C#N)=C2N=c3cc([N+]#[C-])c([N+]#[C-])cc3=N2)n1. The molecule has 0 radical (unpaired) electrons. The van der Waals surface area contributed by atoms with Crippen molar-refractivity contribution < 1.29 is 0 Å². The van der Waals surface area contributed by atoms with Crippen LogP contribution in [0.15, 0.2) is 34.0 Å². The van der Waals surface area contributed by atoms with Gasteiger partial charge in [-0.05, 0) is 18.2 Å². The Kier molecular flexibility index (Phi) is 4.82. The molecule has 0 saturated carbocycles. The first-order valence-corrected chi connectivity index (χ1v) is 7.71. The van der Waals surface area contributed by atoms with Gasteiger partial charge in [0.15, 0.2) is 17.2 Å². The quantitative estimate of drug-likeness (QED) is 0.616. The van der Waals surface area contributed by atoms with Gasteiger partial charge < -0.3 is 4.85 Å². The first-order chi connectivity index (χ1) is 13.6. The third-order valence-electron chi connectivity index (χ3n) is 3.66. The van der Waals surface area contributed by atoms with Gasteiger partial charge in [-0.1, -0.05) is 0 Å². The van der Waals surface area contributed by atoms with E-state index in [0.29, 0.717) is 16.4 Å². The molecule has 0 amide bonds. The molecule has 2 heterocycles. The van der Waals surface area contributed by atoms with Crippen LogP contribution in [0.4, 0.5) is 11.4 Å². The number of nitriles is 2.